The van der Waals surface area contributed by atoms with Crippen molar-refractivity contribution >= 4 is 28.9 Å². The normalized spacial score (nSPS) is 10.3. The Morgan fingerprint density at radius 2 is 1.89 bits per heavy atom. The van der Waals surface area contributed by atoms with Gasteiger partial charge in [0.2, 0.25) is 0 Å². The van der Waals surface area contributed by atoms with Gasteiger partial charge in [-0.25, -0.2) is 9.97 Å². The first-order valence-electron chi connectivity index (χ1n) is 6.22. The second kappa shape index (κ2) is 5.89. The topological polar surface area (TPSA) is 49.8 Å². The van der Waals surface area contributed by atoms with E-state index in [2.05, 4.69) is 20.6 Å². The van der Waals surface area contributed by atoms with Crippen LogP contribution in [0.5, 0.6) is 0 Å². The minimum absolute atomic E-state index is 0.682. The van der Waals surface area contributed by atoms with Gasteiger partial charge in [-0.1, -0.05) is 23.7 Å². The molecule has 19 heavy (non-hydrogen) atoms. The SMILES string of the molecule is CCNc1cc(Nc2c(C)cccc2Cl)nc(C)n1. The summed E-state index contributed by atoms with van der Waals surface area (Å²) in [6.45, 7) is 6.72. The average Bonchev–Trinajstić information content (AvgIpc) is 2.34. The Morgan fingerprint density at radius 3 is 2.58 bits per heavy atom. The number of halogens is 1. The summed E-state index contributed by atoms with van der Waals surface area (Å²) in [4.78, 5) is 8.69. The van der Waals surface area contributed by atoms with E-state index >= 15 is 0 Å². The number of anilines is 3. The van der Waals surface area contributed by atoms with Gasteiger partial charge in [0.1, 0.15) is 17.5 Å². The Bertz CT molecular complexity index is 563. The van der Waals surface area contributed by atoms with Crippen LogP contribution in [0.1, 0.15) is 18.3 Å². The summed E-state index contributed by atoms with van der Waals surface area (Å²) in [6.07, 6.45) is 0. The molecule has 0 atom stereocenters. The lowest BCUT2D eigenvalue weighted by Crippen LogP contribution is -2.04. The standard InChI is InChI=1S/C14H17ClN4/c1-4-16-12-8-13(18-10(3)17-12)19-14-9(2)6-5-7-11(14)15/h5-8H,4H2,1-3H3,(H2,16,17,18,19). The van der Waals surface area contributed by atoms with Crippen molar-refractivity contribution < 1.29 is 0 Å². The van der Waals surface area contributed by atoms with Crippen LogP contribution in [-0.4, -0.2) is 16.5 Å². The molecule has 0 bridgehead atoms. The molecular weight excluding hydrogens is 260 g/mol. The highest BCUT2D eigenvalue weighted by atomic mass is 35.5. The van der Waals surface area contributed by atoms with E-state index in [0.717, 1.165) is 29.4 Å². The van der Waals surface area contributed by atoms with Crippen LogP contribution in [-0.2, 0) is 0 Å². The van der Waals surface area contributed by atoms with Crippen LogP contribution < -0.4 is 10.6 Å². The zero-order chi connectivity index (χ0) is 13.8. The Balaban J connectivity index is 2.33. The molecule has 4 nitrogen and oxygen atoms in total. The van der Waals surface area contributed by atoms with Crippen LogP contribution in [0.2, 0.25) is 5.02 Å². The summed E-state index contributed by atoms with van der Waals surface area (Å²) < 4.78 is 0. The van der Waals surface area contributed by atoms with E-state index in [4.69, 9.17) is 11.6 Å². The Labute approximate surface area is 118 Å². The minimum atomic E-state index is 0.682. The van der Waals surface area contributed by atoms with Gasteiger partial charge in [-0.3, -0.25) is 0 Å². The molecule has 0 aliphatic heterocycles. The highest BCUT2D eigenvalue weighted by Gasteiger charge is 2.06. The van der Waals surface area contributed by atoms with Crippen molar-refractivity contribution in [2.75, 3.05) is 17.2 Å². The highest BCUT2D eigenvalue weighted by molar-refractivity contribution is 6.33. The van der Waals surface area contributed by atoms with Crippen LogP contribution in [0, 0.1) is 13.8 Å². The Kier molecular flexibility index (Phi) is 4.22. The molecule has 0 aliphatic rings. The summed E-state index contributed by atoms with van der Waals surface area (Å²) in [5, 5.41) is 7.12. The van der Waals surface area contributed by atoms with Crippen molar-refractivity contribution in [2.24, 2.45) is 0 Å². The molecule has 0 amide bonds. The number of benzene rings is 1. The molecule has 0 saturated carbocycles. The van der Waals surface area contributed by atoms with Gasteiger partial charge in [0, 0.05) is 12.6 Å². The van der Waals surface area contributed by atoms with Gasteiger partial charge in [-0.2, -0.15) is 0 Å². The van der Waals surface area contributed by atoms with E-state index in [1.807, 2.05) is 45.0 Å². The number of hydrogen-bond acceptors (Lipinski definition) is 4. The number of rotatable bonds is 4. The van der Waals surface area contributed by atoms with Crippen LogP contribution in [0.3, 0.4) is 0 Å². The number of aryl methyl sites for hydroxylation is 2. The van der Waals surface area contributed by atoms with Crippen LogP contribution in [0.4, 0.5) is 17.3 Å². The maximum absolute atomic E-state index is 6.20. The third-order valence-electron chi connectivity index (χ3n) is 2.67. The Morgan fingerprint density at radius 1 is 1.16 bits per heavy atom. The molecule has 0 spiro atoms. The van der Waals surface area contributed by atoms with Gasteiger partial charge in [-0.05, 0) is 32.4 Å². The van der Waals surface area contributed by atoms with E-state index < -0.39 is 0 Å². The molecule has 2 aromatic rings. The minimum Gasteiger partial charge on any atom is -0.370 e. The van der Waals surface area contributed by atoms with E-state index in [0.29, 0.717) is 10.8 Å². The van der Waals surface area contributed by atoms with E-state index in [1.165, 1.54) is 0 Å². The summed E-state index contributed by atoms with van der Waals surface area (Å²) in [5.74, 6) is 2.26. The monoisotopic (exact) mass is 276 g/mol. The van der Waals surface area contributed by atoms with E-state index in [1.54, 1.807) is 0 Å². The van der Waals surface area contributed by atoms with Crippen molar-refractivity contribution in [3.05, 3.63) is 40.7 Å². The van der Waals surface area contributed by atoms with Crippen molar-refractivity contribution in [2.45, 2.75) is 20.8 Å². The molecule has 100 valence electrons. The summed E-state index contributed by atoms with van der Waals surface area (Å²) in [7, 11) is 0. The quantitative estimate of drug-likeness (QED) is 0.889. The molecule has 0 unspecified atom stereocenters. The predicted octanol–water partition coefficient (Wildman–Crippen LogP) is 3.92. The number of hydrogen-bond donors (Lipinski definition) is 2. The number of aromatic nitrogens is 2. The first-order chi connectivity index (χ1) is 9.10. The summed E-state index contributed by atoms with van der Waals surface area (Å²) in [5.41, 5.74) is 1.96. The number of nitrogens with zero attached hydrogens (tertiary/aromatic N) is 2. The molecule has 1 heterocycles. The lowest BCUT2D eigenvalue weighted by molar-refractivity contribution is 1.04. The molecule has 0 aliphatic carbocycles. The molecule has 2 rings (SSSR count). The number of para-hydroxylation sites is 1. The van der Waals surface area contributed by atoms with Gasteiger partial charge >= 0.3 is 0 Å². The third-order valence-corrected chi connectivity index (χ3v) is 2.99. The Hall–Kier alpha value is -1.81. The first-order valence-corrected chi connectivity index (χ1v) is 6.59. The molecule has 0 radical (unpaired) electrons. The molecule has 2 N–H and O–H groups in total. The van der Waals surface area contributed by atoms with Crippen LogP contribution in [0.25, 0.3) is 0 Å². The van der Waals surface area contributed by atoms with Crippen LogP contribution in [0.15, 0.2) is 24.3 Å². The fraction of sp³-hybridized carbons (Fsp3) is 0.286. The molecule has 0 fully saturated rings. The lowest BCUT2D eigenvalue weighted by Gasteiger charge is -2.12. The number of nitrogens with one attached hydrogen (secondary N) is 2. The van der Waals surface area contributed by atoms with Crippen molar-refractivity contribution in [1.82, 2.24) is 9.97 Å². The van der Waals surface area contributed by atoms with E-state index in [9.17, 15) is 0 Å². The fourth-order valence-corrected chi connectivity index (χ4v) is 2.09. The molecule has 5 heteroatoms. The second-order valence-electron chi connectivity index (χ2n) is 4.27. The predicted molar refractivity (Wildman–Crippen MR) is 80.4 cm³/mol. The molecule has 0 saturated heterocycles. The molecule has 1 aromatic carbocycles. The highest BCUT2D eigenvalue weighted by Crippen LogP contribution is 2.28. The van der Waals surface area contributed by atoms with Crippen molar-refractivity contribution in [1.29, 1.82) is 0 Å². The fourth-order valence-electron chi connectivity index (χ4n) is 1.82. The van der Waals surface area contributed by atoms with Crippen molar-refractivity contribution in [3.63, 3.8) is 0 Å². The van der Waals surface area contributed by atoms with Gasteiger partial charge in [0.15, 0.2) is 0 Å². The molecule has 1 aromatic heterocycles. The largest absolute Gasteiger partial charge is 0.370 e. The lowest BCUT2D eigenvalue weighted by atomic mass is 10.2. The van der Waals surface area contributed by atoms with Gasteiger partial charge in [0.05, 0.1) is 10.7 Å². The van der Waals surface area contributed by atoms with Gasteiger partial charge in [0.25, 0.3) is 0 Å². The summed E-state index contributed by atoms with van der Waals surface area (Å²) in [6, 6.07) is 7.67. The van der Waals surface area contributed by atoms with E-state index in [-0.39, 0.29) is 0 Å². The smallest absolute Gasteiger partial charge is 0.136 e. The molecular formula is C14H17ClN4. The third kappa shape index (κ3) is 3.35. The summed E-state index contributed by atoms with van der Waals surface area (Å²) >= 11 is 6.20. The average molecular weight is 277 g/mol. The van der Waals surface area contributed by atoms with Gasteiger partial charge < -0.3 is 10.6 Å². The van der Waals surface area contributed by atoms with Crippen LogP contribution >= 0.6 is 11.6 Å². The zero-order valence-corrected chi connectivity index (χ0v) is 12.0. The van der Waals surface area contributed by atoms with Gasteiger partial charge in [-0.15, -0.1) is 0 Å². The zero-order valence-electron chi connectivity index (χ0n) is 11.3. The maximum Gasteiger partial charge on any atom is 0.136 e. The van der Waals surface area contributed by atoms with Crippen molar-refractivity contribution in [3.8, 4) is 0 Å². The second-order valence-corrected chi connectivity index (χ2v) is 4.68. The maximum atomic E-state index is 6.20. The first kappa shape index (κ1) is 13.6.